The normalized spacial score (nSPS) is 10.3. The Morgan fingerprint density at radius 1 is 1.24 bits per heavy atom. The van der Waals surface area contributed by atoms with Crippen molar-refractivity contribution in [2.75, 3.05) is 11.9 Å². The van der Waals surface area contributed by atoms with Gasteiger partial charge in [0.1, 0.15) is 22.6 Å². The van der Waals surface area contributed by atoms with Crippen LogP contribution in [0.1, 0.15) is 5.56 Å². The standard InChI is InChI=1S/C12H11BrFN3/c1-17(12-6-11(13)15-8-16-12)7-9-2-4-10(14)5-3-9/h2-6,8H,7H2,1H3. The zero-order valence-corrected chi connectivity index (χ0v) is 10.9. The summed E-state index contributed by atoms with van der Waals surface area (Å²) in [5.74, 6) is 0.595. The van der Waals surface area contributed by atoms with E-state index in [4.69, 9.17) is 0 Å². The van der Waals surface area contributed by atoms with Gasteiger partial charge >= 0.3 is 0 Å². The van der Waals surface area contributed by atoms with E-state index in [1.165, 1.54) is 18.5 Å². The minimum Gasteiger partial charge on any atom is -0.355 e. The van der Waals surface area contributed by atoms with Crippen LogP contribution in [0.15, 0.2) is 41.3 Å². The molecule has 0 aliphatic rings. The summed E-state index contributed by atoms with van der Waals surface area (Å²) >= 11 is 3.30. The summed E-state index contributed by atoms with van der Waals surface area (Å²) in [5.41, 5.74) is 1.03. The molecule has 0 unspecified atom stereocenters. The number of rotatable bonds is 3. The molecule has 0 saturated heterocycles. The first-order valence-electron chi connectivity index (χ1n) is 5.08. The van der Waals surface area contributed by atoms with Gasteiger partial charge in [-0.05, 0) is 33.6 Å². The molecule has 2 aromatic rings. The Balaban J connectivity index is 2.11. The molecule has 0 N–H and O–H groups in total. The molecule has 3 nitrogen and oxygen atoms in total. The van der Waals surface area contributed by atoms with E-state index in [-0.39, 0.29) is 5.82 Å². The average molecular weight is 296 g/mol. The molecule has 5 heteroatoms. The number of hydrogen-bond donors (Lipinski definition) is 0. The first-order chi connectivity index (χ1) is 8.15. The molecule has 0 amide bonds. The molecule has 0 radical (unpaired) electrons. The largest absolute Gasteiger partial charge is 0.355 e. The van der Waals surface area contributed by atoms with Crippen molar-refractivity contribution < 1.29 is 4.39 Å². The highest BCUT2D eigenvalue weighted by molar-refractivity contribution is 9.10. The maximum absolute atomic E-state index is 12.8. The second-order valence-corrected chi connectivity index (χ2v) is 4.49. The van der Waals surface area contributed by atoms with Crippen molar-refractivity contribution in [3.63, 3.8) is 0 Å². The molecular formula is C12H11BrFN3. The Morgan fingerprint density at radius 2 is 1.94 bits per heavy atom. The van der Waals surface area contributed by atoms with Crippen molar-refractivity contribution >= 4 is 21.7 Å². The summed E-state index contributed by atoms with van der Waals surface area (Å²) in [4.78, 5) is 10.1. The van der Waals surface area contributed by atoms with Gasteiger partial charge in [-0.1, -0.05) is 12.1 Å². The average Bonchev–Trinajstić information content (AvgIpc) is 2.32. The van der Waals surface area contributed by atoms with Crippen LogP contribution >= 0.6 is 15.9 Å². The maximum atomic E-state index is 12.8. The molecule has 0 atom stereocenters. The van der Waals surface area contributed by atoms with Gasteiger partial charge in [-0.2, -0.15) is 0 Å². The zero-order valence-electron chi connectivity index (χ0n) is 9.27. The van der Waals surface area contributed by atoms with E-state index in [9.17, 15) is 4.39 Å². The van der Waals surface area contributed by atoms with Gasteiger partial charge < -0.3 is 4.90 Å². The highest BCUT2D eigenvalue weighted by Gasteiger charge is 2.04. The van der Waals surface area contributed by atoms with Crippen LogP contribution in [0.25, 0.3) is 0 Å². The lowest BCUT2D eigenvalue weighted by Crippen LogP contribution is -2.17. The van der Waals surface area contributed by atoms with Crippen molar-refractivity contribution in [3.8, 4) is 0 Å². The molecule has 1 aromatic heterocycles. The molecule has 17 heavy (non-hydrogen) atoms. The van der Waals surface area contributed by atoms with Crippen LogP contribution in [0.4, 0.5) is 10.2 Å². The molecule has 88 valence electrons. The molecule has 0 aliphatic carbocycles. The van der Waals surface area contributed by atoms with E-state index in [0.29, 0.717) is 6.54 Å². The van der Waals surface area contributed by atoms with E-state index >= 15 is 0 Å². The second kappa shape index (κ2) is 5.23. The Morgan fingerprint density at radius 3 is 2.59 bits per heavy atom. The predicted molar refractivity (Wildman–Crippen MR) is 68.2 cm³/mol. The monoisotopic (exact) mass is 295 g/mol. The third-order valence-electron chi connectivity index (χ3n) is 2.34. The molecule has 0 aliphatic heterocycles. The molecular weight excluding hydrogens is 285 g/mol. The van der Waals surface area contributed by atoms with Gasteiger partial charge in [-0.3, -0.25) is 0 Å². The topological polar surface area (TPSA) is 29.0 Å². The van der Waals surface area contributed by atoms with Gasteiger partial charge in [-0.25, -0.2) is 14.4 Å². The fourth-order valence-corrected chi connectivity index (χ4v) is 1.77. The SMILES string of the molecule is CN(Cc1ccc(F)cc1)c1cc(Br)ncn1. The van der Waals surface area contributed by atoms with Crippen LogP contribution in [-0.2, 0) is 6.54 Å². The molecule has 0 fully saturated rings. The van der Waals surface area contributed by atoms with E-state index in [0.717, 1.165) is 16.0 Å². The van der Waals surface area contributed by atoms with Crippen LogP contribution in [0.5, 0.6) is 0 Å². The zero-order chi connectivity index (χ0) is 12.3. The number of benzene rings is 1. The van der Waals surface area contributed by atoms with Crippen molar-refractivity contribution in [2.45, 2.75) is 6.54 Å². The van der Waals surface area contributed by atoms with Gasteiger partial charge in [-0.15, -0.1) is 0 Å². The van der Waals surface area contributed by atoms with Crippen LogP contribution in [0.3, 0.4) is 0 Å². The first kappa shape index (κ1) is 12.0. The summed E-state index contributed by atoms with van der Waals surface area (Å²) in [6.07, 6.45) is 1.50. The quantitative estimate of drug-likeness (QED) is 0.815. The smallest absolute Gasteiger partial charge is 0.133 e. The minimum absolute atomic E-state index is 0.221. The molecule has 0 saturated carbocycles. The summed E-state index contributed by atoms with van der Waals surface area (Å²) < 4.78 is 13.5. The lowest BCUT2D eigenvalue weighted by molar-refractivity contribution is 0.627. The summed E-state index contributed by atoms with van der Waals surface area (Å²) in [6.45, 7) is 0.670. The van der Waals surface area contributed by atoms with Gasteiger partial charge in [0, 0.05) is 19.7 Å². The highest BCUT2D eigenvalue weighted by atomic mass is 79.9. The lowest BCUT2D eigenvalue weighted by Gasteiger charge is -2.17. The van der Waals surface area contributed by atoms with Gasteiger partial charge in [0.25, 0.3) is 0 Å². The Hall–Kier alpha value is -1.49. The second-order valence-electron chi connectivity index (χ2n) is 3.68. The fraction of sp³-hybridized carbons (Fsp3) is 0.167. The van der Waals surface area contributed by atoms with E-state index in [1.54, 1.807) is 12.1 Å². The number of halogens is 2. The predicted octanol–water partition coefficient (Wildman–Crippen LogP) is 3.01. The number of hydrogen-bond acceptors (Lipinski definition) is 3. The maximum Gasteiger partial charge on any atom is 0.133 e. The first-order valence-corrected chi connectivity index (χ1v) is 5.87. The van der Waals surface area contributed by atoms with Crippen LogP contribution < -0.4 is 4.90 Å². The molecule has 1 aromatic carbocycles. The minimum atomic E-state index is -0.221. The van der Waals surface area contributed by atoms with Gasteiger partial charge in [0.15, 0.2) is 0 Å². The number of nitrogens with zero attached hydrogens (tertiary/aromatic N) is 3. The van der Waals surface area contributed by atoms with Crippen LogP contribution in [0.2, 0.25) is 0 Å². The molecule has 2 rings (SSSR count). The van der Waals surface area contributed by atoms with Gasteiger partial charge in [0.2, 0.25) is 0 Å². The summed E-state index contributed by atoms with van der Waals surface area (Å²) in [7, 11) is 1.93. The lowest BCUT2D eigenvalue weighted by atomic mass is 10.2. The van der Waals surface area contributed by atoms with E-state index in [1.807, 2.05) is 18.0 Å². The third-order valence-corrected chi connectivity index (χ3v) is 2.78. The summed E-state index contributed by atoms with van der Waals surface area (Å²) in [6, 6.07) is 8.28. The van der Waals surface area contributed by atoms with Crippen molar-refractivity contribution in [1.29, 1.82) is 0 Å². The Kier molecular flexibility index (Phi) is 3.68. The summed E-state index contributed by atoms with van der Waals surface area (Å²) in [5, 5.41) is 0. The Labute approximate surface area is 107 Å². The van der Waals surface area contributed by atoms with Crippen molar-refractivity contribution in [2.24, 2.45) is 0 Å². The van der Waals surface area contributed by atoms with Crippen LogP contribution in [-0.4, -0.2) is 17.0 Å². The van der Waals surface area contributed by atoms with Crippen LogP contribution in [0, 0.1) is 5.82 Å². The van der Waals surface area contributed by atoms with Gasteiger partial charge in [0.05, 0.1) is 0 Å². The fourth-order valence-electron chi connectivity index (χ4n) is 1.48. The van der Waals surface area contributed by atoms with Crippen molar-refractivity contribution in [3.05, 3.63) is 52.6 Å². The molecule has 0 bridgehead atoms. The third kappa shape index (κ3) is 3.23. The van der Waals surface area contributed by atoms with E-state index in [2.05, 4.69) is 25.9 Å². The molecule has 1 heterocycles. The Bertz CT molecular complexity index is 501. The number of anilines is 1. The number of aromatic nitrogens is 2. The molecule has 0 spiro atoms. The van der Waals surface area contributed by atoms with E-state index < -0.39 is 0 Å². The van der Waals surface area contributed by atoms with Crippen molar-refractivity contribution in [1.82, 2.24) is 9.97 Å². The highest BCUT2D eigenvalue weighted by Crippen LogP contribution is 2.15.